The van der Waals surface area contributed by atoms with E-state index in [1.165, 1.54) is 0 Å². The molecule has 6 nitrogen and oxygen atoms in total. The van der Waals surface area contributed by atoms with Crippen LogP contribution in [0.25, 0.3) is 10.8 Å². The van der Waals surface area contributed by atoms with Crippen LogP contribution in [0.4, 0.5) is 4.79 Å². The molecule has 0 aromatic heterocycles. The molecule has 1 saturated heterocycles. The summed E-state index contributed by atoms with van der Waals surface area (Å²) in [4.78, 5) is 40.3. The third-order valence-electron chi connectivity index (χ3n) is 6.55. The van der Waals surface area contributed by atoms with Crippen molar-refractivity contribution in [2.24, 2.45) is 0 Å². The molecule has 4 aromatic carbocycles. The van der Waals surface area contributed by atoms with Gasteiger partial charge in [-0.15, -0.1) is 0 Å². The molecule has 1 heterocycles. The average molecular weight is 498 g/mol. The van der Waals surface area contributed by atoms with Crippen molar-refractivity contribution >= 4 is 40.2 Å². The third kappa shape index (κ3) is 4.43. The minimum atomic E-state index is -1.27. The van der Waals surface area contributed by atoms with Crippen LogP contribution in [0.1, 0.15) is 29.7 Å². The van der Waals surface area contributed by atoms with Crippen molar-refractivity contribution in [3.8, 4) is 0 Å². The molecule has 7 heteroatoms. The number of hydrogen-bond donors (Lipinski definition) is 2. The van der Waals surface area contributed by atoms with E-state index in [0.29, 0.717) is 10.6 Å². The van der Waals surface area contributed by atoms with Crippen LogP contribution in [0.5, 0.6) is 0 Å². The Kier molecular flexibility index (Phi) is 6.20. The van der Waals surface area contributed by atoms with Gasteiger partial charge in [0.25, 0.3) is 5.91 Å². The molecule has 5 rings (SSSR count). The number of nitrogens with zero attached hydrogens (tertiary/aromatic N) is 1. The van der Waals surface area contributed by atoms with Crippen LogP contribution in [0.2, 0.25) is 5.02 Å². The zero-order chi connectivity index (χ0) is 25.3. The molecule has 1 fully saturated rings. The normalized spacial score (nSPS) is 18.2. The van der Waals surface area contributed by atoms with E-state index >= 15 is 0 Å². The fourth-order valence-corrected chi connectivity index (χ4v) is 4.67. The fourth-order valence-electron chi connectivity index (χ4n) is 4.55. The molecule has 2 N–H and O–H groups in total. The van der Waals surface area contributed by atoms with Gasteiger partial charge in [-0.1, -0.05) is 90.5 Å². The zero-order valence-electron chi connectivity index (χ0n) is 19.6. The van der Waals surface area contributed by atoms with Gasteiger partial charge in [0.2, 0.25) is 5.91 Å². The zero-order valence-corrected chi connectivity index (χ0v) is 20.3. The first kappa shape index (κ1) is 23.6. The Morgan fingerprint density at radius 1 is 0.889 bits per heavy atom. The molecular weight excluding hydrogens is 474 g/mol. The number of carbonyl (C=O) groups excluding carboxylic acids is 3. The molecule has 0 aliphatic carbocycles. The van der Waals surface area contributed by atoms with Gasteiger partial charge in [-0.2, -0.15) is 0 Å². The highest BCUT2D eigenvalue weighted by Crippen LogP contribution is 2.31. The van der Waals surface area contributed by atoms with Gasteiger partial charge in [0.05, 0.1) is 6.04 Å². The summed E-state index contributed by atoms with van der Waals surface area (Å²) in [6, 6.07) is 29.0. The number of amides is 4. The minimum absolute atomic E-state index is 0.398. The lowest BCUT2D eigenvalue weighted by Crippen LogP contribution is -2.44. The van der Waals surface area contributed by atoms with Crippen molar-refractivity contribution in [3.05, 3.63) is 119 Å². The summed E-state index contributed by atoms with van der Waals surface area (Å²) in [7, 11) is 0. The molecule has 0 radical (unpaired) electrons. The Morgan fingerprint density at radius 2 is 1.53 bits per heavy atom. The maximum atomic E-state index is 13.4. The van der Waals surface area contributed by atoms with E-state index in [1.54, 1.807) is 19.1 Å². The lowest BCUT2D eigenvalue weighted by Gasteiger charge is -2.23. The molecule has 1 aliphatic rings. The van der Waals surface area contributed by atoms with E-state index < -0.39 is 36.0 Å². The Hall–Kier alpha value is -4.16. The van der Waals surface area contributed by atoms with Crippen molar-refractivity contribution in [2.45, 2.75) is 18.5 Å². The number of carbonyl (C=O) groups is 3. The number of rotatable bonds is 6. The minimum Gasteiger partial charge on any atom is -0.344 e. The van der Waals surface area contributed by atoms with E-state index in [2.05, 4.69) is 10.6 Å². The van der Waals surface area contributed by atoms with Gasteiger partial charge >= 0.3 is 6.03 Å². The molecule has 36 heavy (non-hydrogen) atoms. The largest absolute Gasteiger partial charge is 0.344 e. The second-order valence-corrected chi connectivity index (χ2v) is 9.41. The molecule has 4 aromatic rings. The van der Waals surface area contributed by atoms with Crippen molar-refractivity contribution in [2.75, 3.05) is 6.54 Å². The quantitative estimate of drug-likeness (QED) is 0.361. The Bertz CT molecular complexity index is 1460. The first-order valence-electron chi connectivity index (χ1n) is 11.6. The number of imide groups is 1. The number of halogens is 1. The molecular formula is C29H24ClN3O3. The fraction of sp³-hybridized carbons (Fsp3) is 0.138. The Morgan fingerprint density at radius 3 is 2.25 bits per heavy atom. The highest BCUT2D eigenvalue weighted by atomic mass is 35.5. The molecule has 0 saturated carbocycles. The number of nitrogens with one attached hydrogen (secondary N) is 2. The topological polar surface area (TPSA) is 78.5 Å². The molecule has 2 unspecified atom stereocenters. The van der Waals surface area contributed by atoms with Crippen LogP contribution < -0.4 is 10.6 Å². The van der Waals surface area contributed by atoms with Crippen LogP contribution in [0.15, 0.2) is 97.1 Å². The number of fused-ring (bicyclic) bond motifs is 1. The smallest absolute Gasteiger partial charge is 0.325 e. The average Bonchev–Trinajstić information content (AvgIpc) is 3.12. The number of urea groups is 1. The van der Waals surface area contributed by atoms with Crippen molar-refractivity contribution in [1.29, 1.82) is 0 Å². The lowest BCUT2D eigenvalue weighted by atomic mass is 9.90. The van der Waals surface area contributed by atoms with Crippen LogP contribution in [-0.4, -0.2) is 29.3 Å². The summed E-state index contributed by atoms with van der Waals surface area (Å²) in [6.45, 7) is 1.26. The van der Waals surface area contributed by atoms with E-state index in [-0.39, 0.29) is 0 Å². The summed E-state index contributed by atoms with van der Waals surface area (Å²) in [5.41, 5.74) is 1.09. The highest BCUT2D eigenvalue weighted by Gasteiger charge is 2.49. The molecule has 0 spiro atoms. The SMILES string of the molecule is CC1(c2ccc3ccccc3c2)NC(=O)N(CC(=O)NC(c2ccccc2)c2ccc(Cl)cc2)C1=O. The van der Waals surface area contributed by atoms with Gasteiger partial charge in [-0.25, -0.2) is 4.79 Å². The van der Waals surface area contributed by atoms with Gasteiger partial charge in [-0.3, -0.25) is 14.5 Å². The highest BCUT2D eigenvalue weighted by molar-refractivity contribution is 6.30. The predicted molar refractivity (Wildman–Crippen MR) is 139 cm³/mol. The van der Waals surface area contributed by atoms with Crippen molar-refractivity contribution < 1.29 is 14.4 Å². The number of benzene rings is 4. The molecule has 1 aliphatic heterocycles. The molecule has 2 atom stereocenters. The lowest BCUT2D eigenvalue weighted by molar-refractivity contribution is -0.135. The maximum Gasteiger partial charge on any atom is 0.325 e. The molecule has 180 valence electrons. The van der Waals surface area contributed by atoms with Gasteiger partial charge < -0.3 is 10.6 Å². The van der Waals surface area contributed by atoms with Gasteiger partial charge in [0.1, 0.15) is 12.1 Å². The van der Waals surface area contributed by atoms with E-state index in [1.807, 2.05) is 84.9 Å². The molecule has 4 amide bonds. The van der Waals surface area contributed by atoms with Crippen LogP contribution in [-0.2, 0) is 15.1 Å². The second kappa shape index (κ2) is 9.47. The monoisotopic (exact) mass is 497 g/mol. The summed E-state index contributed by atoms with van der Waals surface area (Å²) >= 11 is 6.05. The predicted octanol–water partition coefficient (Wildman–Crippen LogP) is 5.17. The van der Waals surface area contributed by atoms with Gasteiger partial charge in [0.15, 0.2) is 0 Å². The van der Waals surface area contributed by atoms with Crippen LogP contribution in [0.3, 0.4) is 0 Å². The van der Waals surface area contributed by atoms with Gasteiger partial charge in [-0.05, 0) is 52.6 Å². The van der Waals surface area contributed by atoms with E-state index in [9.17, 15) is 14.4 Å². The van der Waals surface area contributed by atoms with Crippen LogP contribution in [0, 0.1) is 0 Å². The summed E-state index contributed by atoms with van der Waals surface area (Å²) < 4.78 is 0. The Balaban J connectivity index is 1.37. The number of hydrogen-bond acceptors (Lipinski definition) is 3. The first-order chi connectivity index (χ1) is 17.3. The van der Waals surface area contributed by atoms with Crippen molar-refractivity contribution in [1.82, 2.24) is 15.5 Å². The van der Waals surface area contributed by atoms with E-state index in [0.717, 1.165) is 26.8 Å². The van der Waals surface area contributed by atoms with Crippen LogP contribution >= 0.6 is 11.6 Å². The maximum absolute atomic E-state index is 13.4. The summed E-state index contributed by atoms with van der Waals surface area (Å²) in [5, 5.41) is 8.34. The van der Waals surface area contributed by atoms with E-state index in [4.69, 9.17) is 11.6 Å². The second-order valence-electron chi connectivity index (χ2n) is 8.97. The summed E-state index contributed by atoms with van der Waals surface area (Å²) in [5.74, 6) is -0.925. The van der Waals surface area contributed by atoms with Crippen molar-refractivity contribution in [3.63, 3.8) is 0 Å². The Labute approximate surface area is 213 Å². The molecule has 0 bridgehead atoms. The third-order valence-corrected chi connectivity index (χ3v) is 6.80. The standard InChI is InChI=1S/C29H24ClN3O3/c1-29(23-14-11-19-7-5-6-10-22(19)17-23)27(35)33(28(36)32-29)18-25(34)31-26(20-8-3-2-4-9-20)21-12-15-24(30)16-13-21/h2-17,26H,18H2,1H3,(H,31,34)(H,32,36). The van der Waals surface area contributed by atoms with Gasteiger partial charge in [0, 0.05) is 5.02 Å². The first-order valence-corrected chi connectivity index (χ1v) is 12.0. The summed E-state index contributed by atoms with van der Waals surface area (Å²) in [6.07, 6.45) is 0.